The predicted molar refractivity (Wildman–Crippen MR) is 107 cm³/mol. The highest BCUT2D eigenvalue weighted by Gasteiger charge is 2.39. The normalized spacial score (nSPS) is 19.2. The smallest absolute Gasteiger partial charge is 0.254 e. The first-order valence-corrected chi connectivity index (χ1v) is 9.47. The number of rotatable bonds is 3. The predicted octanol–water partition coefficient (Wildman–Crippen LogP) is 2.37. The van der Waals surface area contributed by atoms with E-state index in [1.54, 1.807) is 18.1 Å². The summed E-state index contributed by atoms with van der Waals surface area (Å²) in [5, 5.41) is 0. The standard InChI is InChI=1S/C20H29N3O3.ClH/c1-15-6-7-16(14-17(15)26-2)18(24)22-10-12-23(13-11-22)19(25)20(21)8-4-3-5-9-20;/h6-7,14H,3-5,8-13,21H2,1-2H3;1H. The lowest BCUT2D eigenvalue weighted by Crippen LogP contribution is -2.60. The van der Waals surface area contributed by atoms with Gasteiger partial charge in [-0.3, -0.25) is 9.59 Å². The Bertz CT molecular complexity index is 681. The van der Waals surface area contributed by atoms with E-state index < -0.39 is 5.54 Å². The fraction of sp³-hybridized carbons (Fsp3) is 0.600. The Morgan fingerprint density at radius 1 is 1.04 bits per heavy atom. The fourth-order valence-electron chi connectivity index (χ4n) is 3.96. The van der Waals surface area contributed by atoms with Gasteiger partial charge in [0.15, 0.2) is 0 Å². The first kappa shape index (κ1) is 21.5. The minimum Gasteiger partial charge on any atom is -0.496 e. The summed E-state index contributed by atoms with van der Waals surface area (Å²) in [6.45, 7) is 4.12. The number of hydrogen-bond donors (Lipinski definition) is 1. The molecule has 27 heavy (non-hydrogen) atoms. The van der Waals surface area contributed by atoms with Crippen LogP contribution in [-0.4, -0.2) is 60.4 Å². The number of piperazine rings is 1. The summed E-state index contributed by atoms with van der Waals surface area (Å²) in [4.78, 5) is 29.2. The largest absolute Gasteiger partial charge is 0.496 e. The van der Waals surface area contributed by atoms with Crippen LogP contribution >= 0.6 is 12.4 Å². The summed E-state index contributed by atoms with van der Waals surface area (Å²) in [7, 11) is 1.61. The summed E-state index contributed by atoms with van der Waals surface area (Å²) >= 11 is 0. The molecule has 1 saturated heterocycles. The molecule has 0 unspecified atom stereocenters. The number of carbonyl (C=O) groups excluding carboxylic acids is 2. The number of aryl methyl sites for hydroxylation is 1. The van der Waals surface area contributed by atoms with Crippen LogP contribution in [0.4, 0.5) is 0 Å². The van der Waals surface area contributed by atoms with Gasteiger partial charge >= 0.3 is 0 Å². The molecule has 1 saturated carbocycles. The molecule has 0 radical (unpaired) electrons. The van der Waals surface area contributed by atoms with E-state index in [9.17, 15) is 9.59 Å². The lowest BCUT2D eigenvalue weighted by Gasteiger charge is -2.41. The van der Waals surface area contributed by atoms with Crippen molar-refractivity contribution in [1.82, 2.24) is 9.80 Å². The topological polar surface area (TPSA) is 75.9 Å². The number of ether oxygens (including phenoxy) is 1. The Kier molecular flexibility index (Phi) is 7.12. The van der Waals surface area contributed by atoms with Crippen molar-refractivity contribution in [2.24, 2.45) is 5.73 Å². The third kappa shape index (κ3) is 4.55. The zero-order valence-electron chi connectivity index (χ0n) is 16.2. The van der Waals surface area contributed by atoms with Crippen LogP contribution in [0.2, 0.25) is 0 Å². The Balaban J connectivity index is 0.00000261. The second-order valence-electron chi connectivity index (χ2n) is 7.49. The van der Waals surface area contributed by atoms with Gasteiger partial charge in [0.1, 0.15) is 5.75 Å². The van der Waals surface area contributed by atoms with Crippen molar-refractivity contribution < 1.29 is 14.3 Å². The van der Waals surface area contributed by atoms with Crippen molar-refractivity contribution in [1.29, 1.82) is 0 Å². The van der Waals surface area contributed by atoms with E-state index in [2.05, 4.69) is 0 Å². The first-order valence-electron chi connectivity index (χ1n) is 9.47. The molecular formula is C20H30ClN3O3. The lowest BCUT2D eigenvalue weighted by atomic mass is 9.81. The Morgan fingerprint density at radius 3 is 2.22 bits per heavy atom. The van der Waals surface area contributed by atoms with Crippen LogP contribution in [0.25, 0.3) is 0 Å². The average molecular weight is 396 g/mol. The Labute approximate surface area is 167 Å². The van der Waals surface area contributed by atoms with Crippen molar-refractivity contribution in [3.8, 4) is 5.75 Å². The lowest BCUT2D eigenvalue weighted by molar-refractivity contribution is -0.139. The van der Waals surface area contributed by atoms with Gasteiger partial charge in [-0.15, -0.1) is 12.4 Å². The fourth-order valence-corrected chi connectivity index (χ4v) is 3.96. The second-order valence-corrected chi connectivity index (χ2v) is 7.49. The highest BCUT2D eigenvalue weighted by molar-refractivity contribution is 5.95. The van der Waals surface area contributed by atoms with Crippen molar-refractivity contribution in [3.05, 3.63) is 29.3 Å². The van der Waals surface area contributed by atoms with E-state index in [1.807, 2.05) is 24.0 Å². The first-order chi connectivity index (χ1) is 12.4. The van der Waals surface area contributed by atoms with Crippen molar-refractivity contribution >= 4 is 24.2 Å². The summed E-state index contributed by atoms with van der Waals surface area (Å²) in [6, 6.07) is 5.51. The monoisotopic (exact) mass is 395 g/mol. The molecule has 0 spiro atoms. The summed E-state index contributed by atoms with van der Waals surface area (Å²) in [5.41, 5.74) is 7.30. The molecule has 0 aromatic heterocycles. The third-order valence-electron chi connectivity index (χ3n) is 5.68. The van der Waals surface area contributed by atoms with Gasteiger partial charge in [-0.2, -0.15) is 0 Å². The van der Waals surface area contributed by atoms with Gasteiger partial charge in [-0.25, -0.2) is 0 Å². The highest BCUT2D eigenvalue weighted by atomic mass is 35.5. The van der Waals surface area contributed by atoms with E-state index in [1.165, 1.54) is 0 Å². The van der Waals surface area contributed by atoms with Crippen LogP contribution < -0.4 is 10.5 Å². The van der Waals surface area contributed by atoms with Gasteiger partial charge in [0.2, 0.25) is 5.91 Å². The number of nitrogens with two attached hydrogens (primary N) is 1. The maximum absolute atomic E-state index is 12.8. The van der Waals surface area contributed by atoms with Gasteiger partial charge in [0.25, 0.3) is 5.91 Å². The Hall–Kier alpha value is -1.79. The molecule has 0 atom stereocenters. The highest BCUT2D eigenvalue weighted by Crippen LogP contribution is 2.28. The molecule has 1 aliphatic heterocycles. The molecule has 7 heteroatoms. The number of methoxy groups -OCH3 is 1. The number of nitrogens with zero attached hydrogens (tertiary/aromatic N) is 2. The summed E-state index contributed by atoms with van der Waals surface area (Å²) in [6.07, 6.45) is 4.75. The quantitative estimate of drug-likeness (QED) is 0.852. The van der Waals surface area contributed by atoms with Crippen LogP contribution in [-0.2, 0) is 4.79 Å². The second kappa shape index (κ2) is 8.93. The number of amides is 2. The van der Waals surface area contributed by atoms with Crippen LogP contribution in [0.5, 0.6) is 5.75 Å². The van der Waals surface area contributed by atoms with Crippen LogP contribution in [0.1, 0.15) is 48.0 Å². The Morgan fingerprint density at radius 2 is 1.63 bits per heavy atom. The van der Waals surface area contributed by atoms with Crippen LogP contribution in [0, 0.1) is 6.92 Å². The van der Waals surface area contributed by atoms with Crippen molar-refractivity contribution in [2.75, 3.05) is 33.3 Å². The minimum atomic E-state index is -0.700. The molecule has 1 aromatic rings. The summed E-state index contributed by atoms with van der Waals surface area (Å²) in [5.74, 6) is 0.754. The molecule has 2 fully saturated rings. The molecule has 2 aliphatic rings. The number of hydrogen-bond acceptors (Lipinski definition) is 4. The van der Waals surface area contributed by atoms with Gasteiger partial charge in [0, 0.05) is 31.7 Å². The SMILES string of the molecule is COc1cc(C(=O)N2CCN(C(=O)C3(N)CCCCC3)CC2)ccc1C.Cl. The molecule has 2 amide bonds. The molecule has 1 aromatic carbocycles. The molecule has 3 rings (SSSR count). The van der Waals surface area contributed by atoms with Crippen LogP contribution in [0.15, 0.2) is 18.2 Å². The van der Waals surface area contributed by atoms with E-state index in [0.29, 0.717) is 37.5 Å². The molecule has 6 nitrogen and oxygen atoms in total. The molecule has 1 heterocycles. The maximum Gasteiger partial charge on any atom is 0.254 e. The van der Waals surface area contributed by atoms with E-state index in [4.69, 9.17) is 10.5 Å². The summed E-state index contributed by atoms with van der Waals surface area (Å²) < 4.78 is 5.31. The average Bonchev–Trinajstić information content (AvgIpc) is 2.68. The number of carbonyl (C=O) groups is 2. The zero-order valence-corrected chi connectivity index (χ0v) is 17.0. The van der Waals surface area contributed by atoms with Gasteiger partial charge in [0.05, 0.1) is 12.6 Å². The number of benzene rings is 1. The maximum atomic E-state index is 12.8. The van der Waals surface area contributed by atoms with Gasteiger partial charge in [-0.05, 0) is 37.5 Å². The van der Waals surface area contributed by atoms with Crippen LogP contribution in [0.3, 0.4) is 0 Å². The molecule has 150 valence electrons. The minimum absolute atomic E-state index is 0. The molecule has 1 aliphatic carbocycles. The van der Waals surface area contributed by atoms with E-state index >= 15 is 0 Å². The van der Waals surface area contributed by atoms with E-state index in [0.717, 1.165) is 37.7 Å². The van der Waals surface area contributed by atoms with Crippen molar-refractivity contribution in [2.45, 2.75) is 44.6 Å². The van der Waals surface area contributed by atoms with E-state index in [-0.39, 0.29) is 24.2 Å². The van der Waals surface area contributed by atoms with Crippen molar-refractivity contribution in [3.63, 3.8) is 0 Å². The molecule has 2 N–H and O–H groups in total. The molecule has 0 bridgehead atoms. The molecular weight excluding hydrogens is 366 g/mol. The zero-order chi connectivity index (χ0) is 18.7. The number of halogens is 1. The van der Waals surface area contributed by atoms with Gasteiger partial charge < -0.3 is 20.3 Å². The third-order valence-corrected chi connectivity index (χ3v) is 5.68. The van der Waals surface area contributed by atoms with Gasteiger partial charge in [-0.1, -0.05) is 25.3 Å².